The number of hydrogen-bond acceptors (Lipinski definition) is 5. The second-order valence-corrected chi connectivity index (χ2v) is 7.38. The molecule has 0 fully saturated rings. The summed E-state index contributed by atoms with van der Waals surface area (Å²) in [6.07, 6.45) is 2.11. The van der Waals surface area contributed by atoms with E-state index >= 15 is 0 Å². The fraction of sp³-hybridized carbons (Fsp3) is 0.235. The molecule has 0 saturated heterocycles. The molecular formula is C17H17N3OS2. The van der Waals surface area contributed by atoms with Crippen molar-refractivity contribution in [2.75, 3.05) is 19.8 Å². The second-order valence-electron chi connectivity index (χ2n) is 5.26. The minimum absolute atomic E-state index is 0.137. The van der Waals surface area contributed by atoms with Crippen molar-refractivity contribution in [3.8, 4) is 10.4 Å². The van der Waals surface area contributed by atoms with Gasteiger partial charge in [-0.3, -0.25) is 4.79 Å². The summed E-state index contributed by atoms with van der Waals surface area (Å²) in [7, 11) is 3.56. The van der Waals surface area contributed by atoms with Crippen molar-refractivity contribution < 1.29 is 4.79 Å². The summed E-state index contributed by atoms with van der Waals surface area (Å²) >= 11 is 3.28. The SMILES string of the molecule is CN(C)C(=O)CCSc1ncnc2sc(-c3ccccc3)cc12. The van der Waals surface area contributed by atoms with E-state index in [2.05, 4.69) is 28.2 Å². The van der Waals surface area contributed by atoms with Gasteiger partial charge < -0.3 is 4.90 Å². The fourth-order valence-corrected chi connectivity index (χ4v) is 4.12. The number of benzene rings is 1. The summed E-state index contributed by atoms with van der Waals surface area (Å²) in [5, 5.41) is 2.01. The predicted octanol–water partition coefficient (Wildman–Crippen LogP) is 3.93. The predicted molar refractivity (Wildman–Crippen MR) is 96.9 cm³/mol. The van der Waals surface area contributed by atoms with Gasteiger partial charge in [-0.25, -0.2) is 9.97 Å². The van der Waals surface area contributed by atoms with E-state index in [9.17, 15) is 4.79 Å². The molecule has 3 aromatic rings. The standard InChI is InChI=1S/C17H17N3OS2/c1-20(2)15(21)8-9-22-16-13-10-14(12-6-4-3-5-7-12)23-17(13)19-11-18-16/h3-7,10-11H,8-9H2,1-2H3. The minimum atomic E-state index is 0.137. The normalized spacial score (nSPS) is 10.9. The molecule has 1 aromatic carbocycles. The molecule has 0 spiro atoms. The Labute approximate surface area is 143 Å². The molecule has 0 aliphatic rings. The molecule has 1 amide bonds. The van der Waals surface area contributed by atoms with Crippen molar-refractivity contribution in [1.82, 2.24) is 14.9 Å². The van der Waals surface area contributed by atoms with Crippen LogP contribution in [0, 0.1) is 0 Å². The van der Waals surface area contributed by atoms with Crippen molar-refractivity contribution in [2.45, 2.75) is 11.4 Å². The zero-order valence-electron chi connectivity index (χ0n) is 13.0. The molecule has 3 rings (SSSR count). The number of rotatable bonds is 5. The molecular weight excluding hydrogens is 326 g/mol. The van der Waals surface area contributed by atoms with Crippen LogP contribution in [-0.2, 0) is 4.79 Å². The van der Waals surface area contributed by atoms with Gasteiger partial charge in [0.05, 0.1) is 0 Å². The van der Waals surface area contributed by atoms with Crippen molar-refractivity contribution in [1.29, 1.82) is 0 Å². The zero-order chi connectivity index (χ0) is 16.2. The minimum Gasteiger partial charge on any atom is -0.349 e. The number of thiophene rings is 1. The molecule has 2 aromatic heterocycles. The summed E-state index contributed by atoms with van der Waals surface area (Å²) in [5.74, 6) is 0.859. The Balaban J connectivity index is 1.81. The Morgan fingerprint density at radius 3 is 2.74 bits per heavy atom. The maximum absolute atomic E-state index is 11.7. The molecule has 0 unspecified atom stereocenters. The number of hydrogen-bond donors (Lipinski definition) is 0. The van der Waals surface area contributed by atoms with Crippen molar-refractivity contribution in [2.24, 2.45) is 0 Å². The number of aromatic nitrogens is 2. The first-order chi connectivity index (χ1) is 11.1. The summed E-state index contributed by atoms with van der Waals surface area (Å²) < 4.78 is 0. The van der Waals surface area contributed by atoms with E-state index in [1.165, 1.54) is 10.4 Å². The third-order valence-electron chi connectivity index (χ3n) is 3.40. The van der Waals surface area contributed by atoms with E-state index in [1.807, 2.05) is 18.2 Å². The largest absolute Gasteiger partial charge is 0.349 e. The fourth-order valence-electron chi connectivity index (χ4n) is 2.15. The van der Waals surface area contributed by atoms with Crippen LogP contribution in [0.2, 0.25) is 0 Å². The Kier molecular flexibility index (Phi) is 4.93. The second kappa shape index (κ2) is 7.10. The van der Waals surface area contributed by atoms with Gasteiger partial charge >= 0.3 is 0 Å². The van der Waals surface area contributed by atoms with Crippen LogP contribution in [0.1, 0.15) is 6.42 Å². The van der Waals surface area contributed by atoms with Gasteiger partial charge in [-0.05, 0) is 11.6 Å². The Bertz CT molecular complexity index is 815. The van der Waals surface area contributed by atoms with E-state index in [0.717, 1.165) is 21.0 Å². The van der Waals surface area contributed by atoms with E-state index in [1.54, 1.807) is 48.4 Å². The van der Waals surface area contributed by atoms with Crippen molar-refractivity contribution in [3.05, 3.63) is 42.7 Å². The number of fused-ring (bicyclic) bond motifs is 1. The number of amides is 1. The van der Waals surface area contributed by atoms with Gasteiger partial charge in [0.1, 0.15) is 16.2 Å². The lowest BCUT2D eigenvalue weighted by Crippen LogP contribution is -2.21. The van der Waals surface area contributed by atoms with Crippen LogP contribution in [0.25, 0.3) is 20.7 Å². The van der Waals surface area contributed by atoms with Crippen molar-refractivity contribution >= 4 is 39.2 Å². The average molecular weight is 343 g/mol. The Hall–Kier alpha value is -1.92. The third kappa shape index (κ3) is 3.71. The Morgan fingerprint density at radius 1 is 1.22 bits per heavy atom. The van der Waals surface area contributed by atoms with E-state index in [-0.39, 0.29) is 5.91 Å². The van der Waals surface area contributed by atoms with Gasteiger partial charge in [0.15, 0.2) is 0 Å². The monoisotopic (exact) mass is 343 g/mol. The zero-order valence-corrected chi connectivity index (χ0v) is 14.7. The smallest absolute Gasteiger partial charge is 0.222 e. The van der Waals surface area contributed by atoms with Gasteiger partial charge in [0.2, 0.25) is 5.91 Å². The van der Waals surface area contributed by atoms with Crippen molar-refractivity contribution in [3.63, 3.8) is 0 Å². The van der Waals surface area contributed by atoms with E-state index in [4.69, 9.17) is 0 Å². The molecule has 118 valence electrons. The summed E-state index contributed by atoms with van der Waals surface area (Å²) in [5.41, 5.74) is 1.19. The van der Waals surface area contributed by atoms with Gasteiger partial charge in [-0.1, -0.05) is 30.3 Å². The molecule has 4 nitrogen and oxygen atoms in total. The molecule has 23 heavy (non-hydrogen) atoms. The van der Waals surface area contributed by atoms with Gasteiger partial charge in [-0.2, -0.15) is 0 Å². The lowest BCUT2D eigenvalue weighted by atomic mass is 10.2. The molecule has 0 atom stereocenters. The Morgan fingerprint density at radius 2 is 2.00 bits per heavy atom. The topological polar surface area (TPSA) is 46.1 Å². The highest BCUT2D eigenvalue weighted by Crippen LogP contribution is 2.36. The first-order valence-electron chi connectivity index (χ1n) is 7.28. The van der Waals surface area contributed by atoms with Crippen LogP contribution in [0.15, 0.2) is 47.8 Å². The van der Waals surface area contributed by atoms with Gasteiger partial charge in [-0.15, -0.1) is 23.1 Å². The molecule has 0 bridgehead atoms. The summed E-state index contributed by atoms with van der Waals surface area (Å²) in [4.78, 5) is 24.2. The van der Waals surface area contributed by atoms with Crippen LogP contribution < -0.4 is 0 Å². The van der Waals surface area contributed by atoms with Gasteiger partial charge in [0, 0.05) is 36.5 Å². The van der Waals surface area contributed by atoms with Crippen LogP contribution in [-0.4, -0.2) is 40.6 Å². The van der Waals surface area contributed by atoms with Crippen LogP contribution in [0.5, 0.6) is 0 Å². The van der Waals surface area contributed by atoms with Gasteiger partial charge in [0.25, 0.3) is 0 Å². The first kappa shape index (κ1) is 16.0. The first-order valence-corrected chi connectivity index (χ1v) is 9.08. The highest BCUT2D eigenvalue weighted by molar-refractivity contribution is 7.99. The molecule has 2 heterocycles. The maximum atomic E-state index is 11.7. The molecule has 0 aliphatic carbocycles. The highest BCUT2D eigenvalue weighted by Gasteiger charge is 2.11. The van der Waals surface area contributed by atoms with E-state index in [0.29, 0.717) is 6.42 Å². The molecule has 0 N–H and O–H groups in total. The summed E-state index contributed by atoms with van der Waals surface area (Å²) in [6, 6.07) is 12.4. The van der Waals surface area contributed by atoms with Crippen LogP contribution >= 0.6 is 23.1 Å². The molecule has 0 radical (unpaired) electrons. The van der Waals surface area contributed by atoms with Crippen LogP contribution in [0.3, 0.4) is 0 Å². The third-order valence-corrected chi connectivity index (χ3v) is 5.50. The number of nitrogens with zero attached hydrogens (tertiary/aromatic N) is 3. The molecule has 6 heteroatoms. The highest BCUT2D eigenvalue weighted by atomic mass is 32.2. The quantitative estimate of drug-likeness (QED) is 0.520. The average Bonchev–Trinajstić information content (AvgIpc) is 3.00. The van der Waals surface area contributed by atoms with Crippen LogP contribution in [0.4, 0.5) is 0 Å². The van der Waals surface area contributed by atoms with E-state index < -0.39 is 0 Å². The lowest BCUT2D eigenvalue weighted by molar-refractivity contribution is -0.128. The number of thioether (sulfide) groups is 1. The maximum Gasteiger partial charge on any atom is 0.222 e. The molecule has 0 aliphatic heterocycles. The lowest BCUT2D eigenvalue weighted by Gasteiger charge is -2.09. The number of carbonyl (C=O) groups is 1. The summed E-state index contributed by atoms with van der Waals surface area (Å²) in [6.45, 7) is 0. The number of carbonyl (C=O) groups excluding carboxylic acids is 1. The molecule has 0 saturated carbocycles.